The van der Waals surface area contributed by atoms with Crippen LogP contribution in [0.4, 0.5) is 11.4 Å². The fraction of sp³-hybridized carbons (Fsp3) is 0.310. The summed E-state index contributed by atoms with van der Waals surface area (Å²) in [5.74, 6) is 0. The molecule has 0 bridgehead atoms. The lowest BCUT2D eigenvalue weighted by molar-refractivity contribution is -0.431. The van der Waals surface area contributed by atoms with Crippen molar-refractivity contribution >= 4 is 50.2 Å². The minimum absolute atomic E-state index is 0.0898. The average Bonchev–Trinajstić information content (AvgIpc) is 3.41. The van der Waals surface area contributed by atoms with Gasteiger partial charge in [-0.1, -0.05) is 98.3 Å². The number of anilines is 1. The van der Waals surface area contributed by atoms with E-state index in [-0.39, 0.29) is 10.8 Å². The summed E-state index contributed by atoms with van der Waals surface area (Å²) in [5.41, 5.74) is 10.4. The van der Waals surface area contributed by atoms with Gasteiger partial charge in [-0.05, 0) is 98.0 Å². The number of rotatable bonds is 5. The van der Waals surface area contributed by atoms with E-state index in [0.717, 1.165) is 37.4 Å². The molecular formula is C42H44ClN2+. The minimum Gasteiger partial charge on any atom is -0.344 e. The first-order valence-electron chi connectivity index (χ1n) is 16.6. The third-order valence-electron chi connectivity index (χ3n) is 10.5. The fourth-order valence-electron chi connectivity index (χ4n) is 8.22. The quantitative estimate of drug-likeness (QED) is 0.203. The molecule has 3 heteroatoms. The molecule has 0 amide bonds. The van der Waals surface area contributed by atoms with E-state index in [9.17, 15) is 0 Å². The van der Waals surface area contributed by atoms with Crippen LogP contribution < -0.4 is 4.90 Å². The Hall–Kier alpha value is -3.88. The Morgan fingerprint density at radius 1 is 0.778 bits per heavy atom. The Morgan fingerprint density at radius 3 is 2.20 bits per heavy atom. The van der Waals surface area contributed by atoms with E-state index >= 15 is 0 Å². The molecular weight excluding hydrogens is 568 g/mol. The topological polar surface area (TPSA) is 6.25 Å². The normalized spacial score (nSPS) is 20.8. The highest BCUT2D eigenvalue weighted by molar-refractivity contribution is 6.32. The summed E-state index contributed by atoms with van der Waals surface area (Å²) < 4.78 is 2.51. The second kappa shape index (κ2) is 11.2. The van der Waals surface area contributed by atoms with Crippen LogP contribution in [-0.2, 0) is 10.8 Å². The van der Waals surface area contributed by atoms with Crippen molar-refractivity contribution < 1.29 is 4.58 Å². The molecule has 7 rings (SSSR count). The molecule has 0 unspecified atom stereocenters. The van der Waals surface area contributed by atoms with Gasteiger partial charge in [0.15, 0.2) is 5.71 Å². The summed E-state index contributed by atoms with van der Waals surface area (Å²) in [6, 6.07) is 26.7. The fourth-order valence-corrected chi connectivity index (χ4v) is 8.53. The molecule has 2 aliphatic heterocycles. The number of halogens is 1. The van der Waals surface area contributed by atoms with Crippen molar-refractivity contribution in [2.75, 3.05) is 18.0 Å². The first kappa shape index (κ1) is 29.8. The van der Waals surface area contributed by atoms with Crippen molar-refractivity contribution in [1.82, 2.24) is 0 Å². The number of hydrogen-bond donors (Lipinski definition) is 0. The summed E-state index contributed by atoms with van der Waals surface area (Å²) >= 11 is 7.23. The first-order valence-corrected chi connectivity index (χ1v) is 17.0. The standard InChI is InChI=1S/C42H44ClN2/c1-7-44-35-25-21-28-14-9-11-18-32(28)38(35)42(5,6)37(44)27-23-31-17-13-16-30(39(31)43)22-26-36-41(3,4)34-24-20-29-15-10-12-19-33(29)40(34)45(36)8-2/h9-12,14-15,18-27H,7-8,13,16-17H2,1-6H3/q+1. The Balaban J connectivity index is 1.26. The molecule has 0 fully saturated rings. The van der Waals surface area contributed by atoms with E-state index in [1.165, 1.54) is 66.6 Å². The Labute approximate surface area is 273 Å². The highest BCUT2D eigenvalue weighted by atomic mass is 35.5. The van der Waals surface area contributed by atoms with Crippen LogP contribution in [0.5, 0.6) is 0 Å². The zero-order chi connectivity index (χ0) is 31.5. The molecule has 45 heavy (non-hydrogen) atoms. The highest BCUT2D eigenvalue weighted by Gasteiger charge is 2.45. The van der Waals surface area contributed by atoms with Crippen LogP contribution in [0.1, 0.15) is 71.9 Å². The minimum atomic E-state index is -0.107. The maximum atomic E-state index is 7.23. The van der Waals surface area contributed by atoms with E-state index < -0.39 is 0 Å². The van der Waals surface area contributed by atoms with E-state index in [4.69, 9.17) is 11.6 Å². The molecule has 2 nitrogen and oxygen atoms in total. The van der Waals surface area contributed by atoms with Crippen molar-refractivity contribution in [3.05, 3.63) is 130 Å². The van der Waals surface area contributed by atoms with Gasteiger partial charge in [0.05, 0.1) is 10.8 Å². The van der Waals surface area contributed by atoms with Crippen molar-refractivity contribution in [2.24, 2.45) is 0 Å². The van der Waals surface area contributed by atoms with Crippen LogP contribution in [0.2, 0.25) is 0 Å². The van der Waals surface area contributed by atoms with Gasteiger partial charge >= 0.3 is 0 Å². The Bertz CT molecular complexity index is 2010. The van der Waals surface area contributed by atoms with Gasteiger partial charge in [0, 0.05) is 40.0 Å². The number of hydrogen-bond acceptors (Lipinski definition) is 1. The highest BCUT2D eigenvalue weighted by Crippen LogP contribution is 2.51. The van der Waals surface area contributed by atoms with Gasteiger partial charge in [-0.25, -0.2) is 0 Å². The van der Waals surface area contributed by atoms with Crippen LogP contribution in [0, 0.1) is 0 Å². The number of nitrogens with zero attached hydrogens (tertiary/aromatic N) is 2. The van der Waals surface area contributed by atoms with Gasteiger partial charge in [-0.3, -0.25) is 0 Å². The molecule has 0 atom stereocenters. The van der Waals surface area contributed by atoms with Crippen LogP contribution in [0.15, 0.2) is 119 Å². The number of allylic oxidation sites excluding steroid dienone is 8. The smallest absolute Gasteiger partial charge is 0.217 e. The zero-order valence-electron chi connectivity index (χ0n) is 27.5. The molecule has 4 aromatic carbocycles. The van der Waals surface area contributed by atoms with Crippen LogP contribution in [-0.4, -0.2) is 23.4 Å². The average molecular weight is 612 g/mol. The van der Waals surface area contributed by atoms with Crippen molar-refractivity contribution in [1.29, 1.82) is 0 Å². The monoisotopic (exact) mass is 611 g/mol. The van der Waals surface area contributed by atoms with Gasteiger partial charge in [-0.2, -0.15) is 4.58 Å². The van der Waals surface area contributed by atoms with E-state index in [2.05, 4.69) is 148 Å². The second-order valence-electron chi connectivity index (χ2n) is 13.8. The maximum absolute atomic E-state index is 7.23. The Morgan fingerprint density at radius 2 is 1.47 bits per heavy atom. The molecule has 228 valence electrons. The third-order valence-corrected chi connectivity index (χ3v) is 11.0. The lowest BCUT2D eigenvalue weighted by atomic mass is 9.80. The summed E-state index contributed by atoms with van der Waals surface area (Å²) in [6.45, 7) is 15.8. The third kappa shape index (κ3) is 4.64. The Kier molecular flexibility index (Phi) is 7.40. The number of likely N-dealkylation sites (N-methyl/N-ethyl adjacent to an activating group) is 1. The van der Waals surface area contributed by atoms with Gasteiger partial charge < -0.3 is 4.90 Å². The van der Waals surface area contributed by atoms with Crippen molar-refractivity contribution in [2.45, 2.75) is 71.6 Å². The molecule has 0 aromatic heterocycles. The molecule has 1 aliphatic carbocycles. The zero-order valence-corrected chi connectivity index (χ0v) is 28.3. The second-order valence-corrected chi connectivity index (χ2v) is 14.1. The number of fused-ring (bicyclic) bond motifs is 6. The van der Waals surface area contributed by atoms with E-state index in [1.807, 2.05) is 0 Å². The maximum Gasteiger partial charge on any atom is 0.217 e. The van der Waals surface area contributed by atoms with Crippen LogP contribution >= 0.6 is 11.6 Å². The molecule has 0 saturated heterocycles. The predicted octanol–water partition coefficient (Wildman–Crippen LogP) is 11.3. The SMILES string of the molecule is CCN1/C(=C/C=C2\CCCC(/C=C/C3=[N+](CC)c4c(ccc5ccccc45)C3(C)C)=C2Cl)C(C)(C)c2c1ccc1ccccc21. The van der Waals surface area contributed by atoms with Gasteiger partial charge in [0.2, 0.25) is 5.69 Å². The van der Waals surface area contributed by atoms with Gasteiger partial charge in [0.1, 0.15) is 6.54 Å². The molecule has 0 N–H and O–H groups in total. The lowest BCUT2D eigenvalue weighted by Crippen LogP contribution is -2.27. The predicted molar refractivity (Wildman–Crippen MR) is 194 cm³/mol. The van der Waals surface area contributed by atoms with Gasteiger partial charge in [0.25, 0.3) is 0 Å². The summed E-state index contributed by atoms with van der Waals surface area (Å²) in [5, 5.41) is 6.18. The van der Waals surface area contributed by atoms with Crippen LogP contribution in [0.3, 0.4) is 0 Å². The first-order chi connectivity index (χ1) is 21.7. The van der Waals surface area contributed by atoms with Crippen molar-refractivity contribution in [3.63, 3.8) is 0 Å². The lowest BCUT2D eigenvalue weighted by Gasteiger charge is -2.26. The molecule has 0 spiro atoms. The van der Waals surface area contributed by atoms with Gasteiger partial charge in [-0.15, -0.1) is 0 Å². The molecule has 0 saturated carbocycles. The largest absolute Gasteiger partial charge is 0.344 e. The number of benzene rings is 4. The van der Waals surface area contributed by atoms with Crippen molar-refractivity contribution in [3.8, 4) is 0 Å². The molecule has 0 radical (unpaired) electrons. The molecule has 4 aromatic rings. The molecule has 3 aliphatic rings. The van der Waals surface area contributed by atoms with E-state index in [1.54, 1.807) is 0 Å². The summed E-state index contributed by atoms with van der Waals surface area (Å²) in [4.78, 5) is 2.49. The summed E-state index contributed by atoms with van der Waals surface area (Å²) in [6.07, 6.45) is 12.4. The van der Waals surface area contributed by atoms with Crippen LogP contribution in [0.25, 0.3) is 21.5 Å². The van der Waals surface area contributed by atoms with E-state index in [0.29, 0.717) is 0 Å². The molecule has 2 heterocycles. The summed E-state index contributed by atoms with van der Waals surface area (Å²) in [7, 11) is 0.